The van der Waals surface area contributed by atoms with Gasteiger partial charge in [0.05, 0.1) is 7.11 Å². The SMILES string of the molecule is COC(=O)c1ccc(COc2ccccc2S(C)(=O)=O)o1. The zero-order valence-electron chi connectivity index (χ0n) is 11.5. The normalized spacial score (nSPS) is 11.1. The van der Waals surface area contributed by atoms with Crippen LogP contribution in [0.2, 0.25) is 0 Å². The second kappa shape index (κ2) is 6.01. The molecule has 7 heteroatoms. The number of furan rings is 1. The van der Waals surface area contributed by atoms with Crippen molar-refractivity contribution in [3.05, 3.63) is 47.9 Å². The molecule has 0 amide bonds. The number of carbonyl (C=O) groups is 1. The minimum absolute atomic E-state index is 0.00350. The highest BCUT2D eigenvalue weighted by Crippen LogP contribution is 2.24. The van der Waals surface area contributed by atoms with Gasteiger partial charge in [0.15, 0.2) is 9.84 Å². The van der Waals surface area contributed by atoms with Crippen LogP contribution in [0.1, 0.15) is 16.3 Å². The zero-order chi connectivity index (χ0) is 15.5. The molecule has 0 atom stereocenters. The summed E-state index contributed by atoms with van der Waals surface area (Å²) in [5, 5.41) is 0. The van der Waals surface area contributed by atoms with Crippen molar-refractivity contribution in [2.45, 2.75) is 11.5 Å². The molecule has 2 rings (SSSR count). The minimum atomic E-state index is -3.38. The van der Waals surface area contributed by atoms with Crippen molar-refractivity contribution >= 4 is 15.8 Å². The van der Waals surface area contributed by atoms with E-state index in [0.717, 1.165) is 6.26 Å². The molecular formula is C14H14O6S. The van der Waals surface area contributed by atoms with E-state index in [1.54, 1.807) is 24.3 Å². The fourth-order valence-electron chi connectivity index (χ4n) is 1.69. The third-order valence-corrected chi connectivity index (χ3v) is 3.80. The van der Waals surface area contributed by atoms with E-state index in [-0.39, 0.29) is 23.0 Å². The number of sulfone groups is 1. The first kappa shape index (κ1) is 15.1. The van der Waals surface area contributed by atoms with Crippen LogP contribution in [-0.4, -0.2) is 27.8 Å². The number of hydrogen-bond acceptors (Lipinski definition) is 6. The predicted octanol–water partition coefficient (Wildman–Crippen LogP) is 2.05. The summed E-state index contributed by atoms with van der Waals surface area (Å²) in [7, 11) is -2.13. The molecular weight excluding hydrogens is 296 g/mol. The van der Waals surface area contributed by atoms with Gasteiger partial charge in [-0.05, 0) is 24.3 Å². The molecule has 6 nitrogen and oxygen atoms in total. The van der Waals surface area contributed by atoms with Crippen molar-refractivity contribution in [3.63, 3.8) is 0 Å². The van der Waals surface area contributed by atoms with Gasteiger partial charge in [0.25, 0.3) is 0 Å². The Balaban J connectivity index is 2.14. The van der Waals surface area contributed by atoms with Gasteiger partial charge >= 0.3 is 5.97 Å². The smallest absolute Gasteiger partial charge is 0.373 e. The number of esters is 1. The molecule has 112 valence electrons. The van der Waals surface area contributed by atoms with Crippen molar-refractivity contribution in [2.75, 3.05) is 13.4 Å². The van der Waals surface area contributed by atoms with Gasteiger partial charge in [-0.25, -0.2) is 13.2 Å². The number of rotatable bonds is 5. The summed E-state index contributed by atoms with van der Waals surface area (Å²) in [6, 6.07) is 9.34. The second-order valence-corrected chi connectivity index (χ2v) is 6.25. The Kier molecular flexibility index (Phi) is 4.32. The molecule has 1 heterocycles. The van der Waals surface area contributed by atoms with E-state index >= 15 is 0 Å². The Hall–Kier alpha value is -2.28. The molecule has 1 aromatic carbocycles. The monoisotopic (exact) mass is 310 g/mol. The van der Waals surface area contributed by atoms with E-state index < -0.39 is 15.8 Å². The maximum Gasteiger partial charge on any atom is 0.373 e. The molecule has 0 aliphatic carbocycles. The Morgan fingerprint density at radius 1 is 1.19 bits per heavy atom. The molecule has 0 spiro atoms. The van der Waals surface area contributed by atoms with Crippen LogP contribution in [-0.2, 0) is 21.2 Å². The lowest BCUT2D eigenvalue weighted by Gasteiger charge is -2.08. The first-order valence-electron chi connectivity index (χ1n) is 6.00. The first-order valence-corrected chi connectivity index (χ1v) is 7.90. The van der Waals surface area contributed by atoms with Crippen LogP contribution < -0.4 is 4.74 Å². The summed E-state index contributed by atoms with van der Waals surface area (Å²) in [6.45, 7) is 0.00350. The van der Waals surface area contributed by atoms with Crippen LogP contribution in [0.25, 0.3) is 0 Å². The van der Waals surface area contributed by atoms with E-state index in [4.69, 9.17) is 9.15 Å². The van der Waals surface area contributed by atoms with Gasteiger partial charge in [-0.2, -0.15) is 0 Å². The fraction of sp³-hybridized carbons (Fsp3) is 0.214. The van der Waals surface area contributed by atoms with E-state index in [1.165, 1.54) is 19.2 Å². The molecule has 0 bridgehead atoms. The molecule has 0 aliphatic heterocycles. The van der Waals surface area contributed by atoms with E-state index in [9.17, 15) is 13.2 Å². The second-order valence-electron chi connectivity index (χ2n) is 4.27. The lowest BCUT2D eigenvalue weighted by atomic mass is 10.3. The van der Waals surface area contributed by atoms with Crippen LogP contribution in [0.4, 0.5) is 0 Å². The highest BCUT2D eigenvalue weighted by atomic mass is 32.2. The number of benzene rings is 1. The number of para-hydroxylation sites is 1. The van der Waals surface area contributed by atoms with Gasteiger partial charge in [0, 0.05) is 6.26 Å². The summed E-state index contributed by atoms with van der Waals surface area (Å²) < 4.78 is 38.5. The first-order chi connectivity index (χ1) is 9.91. The topological polar surface area (TPSA) is 82.8 Å². The summed E-state index contributed by atoms with van der Waals surface area (Å²) in [6.07, 6.45) is 1.11. The van der Waals surface area contributed by atoms with Crippen LogP contribution in [0.15, 0.2) is 45.7 Å². The predicted molar refractivity (Wildman–Crippen MR) is 73.9 cm³/mol. The molecule has 0 saturated heterocycles. The largest absolute Gasteiger partial charge is 0.484 e. The molecule has 1 aromatic heterocycles. The van der Waals surface area contributed by atoms with Crippen molar-refractivity contribution in [1.82, 2.24) is 0 Å². The van der Waals surface area contributed by atoms with E-state index in [0.29, 0.717) is 5.76 Å². The Morgan fingerprint density at radius 3 is 2.57 bits per heavy atom. The van der Waals surface area contributed by atoms with Crippen LogP contribution in [0, 0.1) is 0 Å². The average Bonchev–Trinajstić information content (AvgIpc) is 2.92. The summed E-state index contributed by atoms with van der Waals surface area (Å²) in [5.74, 6) is 0.0972. The highest BCUT2D eigenvalue weighted by Gasteiger charge is 2.15. The summed E-state index contributed by atoms with van der Waals surface area (Å²) in [4.78, 5) is 11.4. The maximum absolute atomic E-state index is 11.6. The van der Waals surface area contributed by atoms with E-state index in [1.807, 2.05) is 0 Å². The molecule has 0 unspecified atom stereocenters. The molecule has 0 saturated carbocycles. The maximum atomic E-state index is 11.6. The van der Waals surface area contributed by atoms with Gasteiger partial charge < -0.3 is 13.9 Å². The molecule has 0 aliphatic rings. The number of hydrogen-bond donors (Lipinski definition) is 0. The number of carbonyl (C=O) groups excluding carboxylic acids is 1. The zero-order valence-corrected chi connectivity index (χ0v) is 12.3. The Bertz CT molecular complexity index is 744. The molecule has 21 heavy (non-hydrogen) atoms. The molecule has 0 fully saturated rings. The van der Waals surface area contributed by atoms with Crippen LogP contribution >= 0.6 is 0 Å². The van der Waals surface area contributed by atoms with Crippen molar-refractivity contribution in [1.29, 1.82) is 0 Å². The van der Waals surface area contributed by atoms with E-state index in [2.05, 4.69) is 4.74 Å². The quantitative estimate of drug-likeness (QED) is 0.786. The van der Waals surface area contributed by atoms with Gasteiger partial charge in [0.1, 0.15) is 23.0 Å². The molecule has 2 aromatic rings. The third-order valence-electron chi connectivity index (χ3n) is 2.67. The number of ether oxygens (including phenoxy) is 2. The Labute approximate surface area is 122 Å². The standard InChI is InChI=1S/C14H14O6S/c1-18-14(15)12-8-7-10(20-12)9-19-11-5-3-4-6-13(11)21(2,16)17/h3-8H,9H2,1-2H3. The van der Waals surface area contributed by atoms with Crippen molar-refractivity contribution in [3.8, 4) is 5.75 Å². The minimum Gasteiger partial charge on any atom is -0.484 e. The lowest BCUT2D eigenvalue weighted by Crippen LogP contribution is -2.03. The molecule has 0 N–H and O–H groups in total. The van der Waals surface area contributed by atoms with Gasteiger partial charge in [-0.1, -0.05) is 12.1 Å². The third kappa shape index (κ3) is 3.63. The Morgan fingerprint density at radius 2 is 1.90 bits per heavy atom. The van der Waals surface area contributed by atoms with Gasteiger partial charge in [-0.3, -0.25) is 0 Å². The van der Waals surface area contributed by atoms with Crippen molar-refractivity contribution < 1.29 is 27.1 Å². The van der Waals surface area contributed by atoms with Gasteiger partial charge in [0.2, 0.25) is 5.76 Å². The molecule has 0 radical (unpaired) electrons. The van der Waals surface area contributed by atoms with Crippen LogP contribution in [0.3, 0.4) is 0 Å². The highest BCUT2D eigenvalue weighted by molar-refractivity contribution is 7.90. The number of methoxy groups -OCH3 is 1. The van der Waals surface area contributed by atoms with Crippen molar-refractivity contribution in [2.24, 2.45) is 0 Å². The summed E-state index contributed by atoms with van der Waals surface area (Å²) in [5.41, 5.74) is 0. The fourth-order valence-corrected chi connectivity index (χ4v) is 2.51. The van der Waals surface area contributed by atoms with Gasteiger partial charge in [-0.15, -0.1) is 0 Å². The lowest BCUT2D eigenvalue weighted by molar-refractivity contribution is 0.0561. The van der Waals surface area contributed by atoms with Crippen LogP contribution in [0.5, 0.6) is 5.75 Å². The average molecular weight is 310 g/mol. The summed E-state index contributed by atoms with van der Waals surface area (Å²) >= 11 is 0.